The number of carbonyl (C=O) groups is 3. The zero-order valence-corrected chi connectivity index (χ0v) is 18.2. The minimum Gasteiger partial charge on any atom is -0.463 e. The van der Waals surface area contributed by atoms with Crippen molar-refractivity contribution in [3.63, 3.8) is 0 Å². The smallest absolute Gasteiger partial charge is 0.330 e. The molecule has 0 N–H and O–H groups in total. The largest absolute Gasteiger partial charge is 0.463 e. The van der Waals surface area contributed by atoms with E-state index in [9.17, 15) is 14.4 Å². The van der Waals surface area contributed by atoms with Crippen molar-refractivity contribution in [3.8, 4) is 0 Å². The van der Waals surface area contributed by atoms with E-state index in [1.807, 2.05) is 0 Å². The molecule has 5 nitrogen and oxygen atoms in total. The summed E-state index contributed by atoms with van der Waals surface area (Å²) in [5.41, 5.74) is 0.815. The molecule has 5 heteroatoms. The Morgan fingerprint density at radius 3 is 1.79 bits per heavy atom. The van der Waals surface area contributed by atoms with Crippen LogP contribution in [0.25, 0.3) is 0 Å². The summed E-state index contributed by atoms with van der Waals surface area (Å²) >= 11 is 0. The molecule has 2 aliphatic rings. The van der Waals surface area contributed by atoms with Crippen LogP contribution in [0, 0.1) is 22.7 Å². The lowest BCUT2D eigenvalue weighted by molar-refractivity contribution is -0.140. The summed E-state index contributed by atoms with van der Waals surface area (Å²) in [7, 11) is 0. The zero-order valence-electron chi connectivity index (χ0n) is 18.2. The lowest BCUT2D eigenvalue weighted by Gasteiger charge is -2.39. The lowest BCUT2D eigenvalue weighted by Crippen LogP contribution is -2.33. The molecule has 0 heterocycles. The molecule has 0 saturated heterocycles. The van der Waals surface area contributed by atoms with Gasteiger partial charge in [-0.3, -0.25) is 4.79 Å². The number of ether oxygens (including phenoxy) is 2. The van der Waals surface area contributed by atoms with Crippen molar-refractivity contribution in [2.45, 2.75) is 59.3 Å². The summed E-state index contributed by atoms with van der Waals surface area (Å²) in [6.45, 7) is 17.9. The van der Waals surface area contributed by atoms with E-state index in [0.717, 1.165) is 24.5 Å². The number of unbranched alkanes of at least 4 members (excludes halogenated alkanes) is 1. The van der Waals surface area contributed by atoms with Gasteiger partial charge in [0.05, 0.1) is 13.2 Å². The first-order chi connectivity index (χ1) is 13.6. The van der Waals surface area contributed by atoms with Crippen LogP contribution in [0.3, 0.4) is 0 Å². The summed E-state index contributed by atoms with van der Waals surface area (Å²) in [5.74, 6) is 0.785. The molecule has 0 spiro atoms. The Morgan fingerprint density at radius 2 is 1.45 bits per heavy atom. The Labute approximate surface area is 175 Å². The van der Waals surface area contributed by atoms with Gasteiger partial charge in [-0.2, -0.15) is 0 Å². The molecule has 2 aliphatic carbocycles. The van der Waals surface area contributed by atoms with Gasteiger partial charge >= 0.3 is 11.9 Å². The summed E-state index contributed by atoms with van der Waals surface area (Å²) in [5, 5.41) is 0. The molecule has 0 amide bonds. The molecule has 0 aromatic heterocycles. The quantitative estimate of drug-likeness (QED) is 0.297. The first-order valence-electron chi connectivity index (χ1n) is 10.4. The fourth-order valence-corrected chi connectivity index (χ4v) is 4.67. The van der Waals surface area contributed by atoms with Crippen LogP contribution in [-0.4, -0.2) is 30.9 Å². The van der Waals surface area contributed by atoms with Gasteiger partial charge in [-0.1, -0.05) is 40.5 Å². The highest BCUT2D eigenvalue weighted by atomic mass is 16.5. The van der Waals surface area contributed by atoms with Crippen LogP contribution in [-0.2, 0) is 23.9 Å². The SMILES string of the molecule is C=CC(=O)CC1CC2CCC1(C)C2(C)C.C=CC(=O)OCCCCOC(=O)C=C. The number of allylic oxidation sites excluding steroid dienone is 1. The van der Waals surface area contributed by atoms with Crippen molar-refractivity contribution in [3.05, 3.63) is 38.0 Å². The van der Waals surface area contributed by atoms with Gasteiger partial charge in [-0.15, -0.1) is 0 Å². The second-order valence-electron chi connectivity index (χ2n) is 8.63. The third-order valence-corrected chi connectivity index (χ3v) is 7.01. The highest BCUT2D eigenvalue weighted by Crippen LogP contribution is 2.68. The molecule has 0 aliphatic heterocycles. The minimum absolute atomic E-state index is 0.226. The maximum atomic E-state index is 11.5. The average molecular weight is 405 g/mol. The van der Waals surface area contributed by atoms with E-state index in [1.54, 1.807) is 0 Å². The number of esters is 2. The van der Waals surface area contributed by atoms with Gasteiger partial charge in [-0.25, -0.2) is 9.59 Å². The first kappa shape index (κ1) is 24.9. The molecule has 29 heavy (non-hydrogen) atoms. The van der Waals surface area contributed by atoms with E-state index < -0.39 is 11.9 Å². The minimum atomic E-state index is -0.437. The highest BCUT2D eigenvalue weighted by molar-refractivity contribution is 5.89. The van der Waals surface area contributed by atoms with Gasteiger partial charge in [0.15, 0.2) is 5.78 Å². The Bertz CT molecular complexity index is 609. The molecule has 2 fully saturated rings. The Hall–Kier alpha value is -2.17. The highest BCUT2D eigenvalue weighted by Gasteiger charge is 2.60. The van der Waals surface area contributed by atoms with Crippen LogP contribution in [0.5, 0.6) is 0 Å². The Kier molecular flexibility index (Phi) is 9.54. The fourth-order valence-electron chi connectivity index (χ4n) is 4.67. The number of fused-ring (bicyclic) bond motifs is 2. The fraction of sp³-hybridized carbons (Fsp3) is 0.625. The van der Waals surface area contributed by atoms with Crippen LogP contribution < -0.4 is 0 Å². The molecule has 0 aromatic rings. The number of carbonyl (C=O) groups excluding carboxylic acids is 3. The van der Waals surface area contributed by atoms with Gasteiger partial charge in [0, 0.05) is 18.6 Å². The predicted octanol–water partition coefficient (Wildman–Crippen LogP) is 4.82. The van der Waals surface area contributed by atoms with E-state index >= 15 is 0 Å². The number of hydrogen-bond donors (Lipinski definition) is 0. The maximum Gasteiger partial charge on any atom is 0.330 e. The van der Waals surface area contributed by atoms with E-state index in [1.165, 1.54) is 25.3 Å². The standard InChI is InChI=1S/C14H22O.C10H14O4/c1-5-12(15)9-11-8-10-6-7-14(11,4)13(10,2)3;1-3-9(11)13-7-5-6-8-14-10(12)4-2/h5,10-11H,1,6-9H2,2-4H3;3-4H,1-2,5-8H2. The number of rotatable bonds is 10. The van der Waals surface area contributed by atoms with Gasteiger partial charge in [-0.05, 0) is 60.8 Å². The normalized spacial score (nSPS) is 25.9. The van der Waals surface area contributed by atoms with Gasteiger partial charge in [0.25, 0.3) is 0 Å². The first-order valence-corrected chi connectivity index (χ1v) is 10.4. The van der Waals surface area contributed by atoms with E-state index in [4.69, 9.17) is 9.47 Å². The molecule has 0 radical (unpaired) electrons. The Balaban J connectivity index is 0.000000291. The number of hydrogen-bond acceptors (Lipinski definition) is 5. The molecule has 3 atom stereocenters. The average Bonchev–Trinajstić information content (AvgIpc) is 3.03. The van der Waals surface area contributed by atoms with Crippen LogP contribution in [0.1, 0.15) is 59.3 Å². The summed E-state index contributed by atoms with van der Waals surface area (Å²) in [6, 6.07) is 0. The zero-order chi connectivity index (χ0) is 22.1. The maximum absolute atomic E-state index is 11.5. The predicted molar refractivity (Wildman–Crippen MR) is 114 cm³/mol. The second kappa shape index (κ2) is 11.1. The monoisotopic (exact) mass is 404 g/mol. The van der Waals surface area contributed by atoms with Crippen LogP contribution in [0.15, 0.2) is 38.0 Å². The molecule has 2 rings (SSSR count). The van der Waals surface area contributed by atoms with Crippen molar-refractivity contribution >= 4 is 17.7 Å². The van der Waals surface area contributed by atoms with Crippen molar-refractivity contribution in [2.75, 3.05) is 13.2 Å². The van der Waals surface area contributed by atoms with Crippen LogP contribution in [0.2, 0.25) is 0 Å². The molecule has 0 aromatic carbocycles. The Morgan fingerprint density at radius 1 is 0.931 bits per heavy atom. The molecular formula is C24H36O5. The third-order valence-electron chi connectivity index (χ3n) is 7.01. The topological polar surface area (TPSA) is 69.7 Å². The van der Waals surface area contributed by atoms with Crippen molar-refractivity contribution in [2.24, 2.45) is 22.7 Å². The molecule has 162 valence electrons. The van der Waals surface area contributed by atoms with Crippen molar-refractivity contribution < 1.29 is 23.9 Å². The molecule has 2 bridgehead atoms. The van der Waals surface area contributed by atoms with Crippen molar-refractivity contribution in [1.82, 2.24) is 0 Å². The van der Waals surface area contributed by atoms with Gasteiger partial charge < -0.3 is 9.47 Å². The second-order valence-corrected chi connectivity index (χ2v) is 8.63. The third kappa shape index (κ3) is 6.41. The molecule has 3 unspecified atom stereocenters. The molecular weight excluding hydrogens is 368 g/mol. The molecule has 2 saturated carbocycles. The number of ketones is 1. The lowest BCUT2D eigenvalue weighted by atomic mass is 9.65. The summed E-state index contributed by atoms with van der Waals surface area (Å²) in [6.07, 6.45) is 9.66. The van der Waals surface area contributed by atoms with E-state index in [2.05, 4.69) is 40.5 Å². The van der Waals surface area contributed by atoms with E-state index in [0.29, 0.717) is 42.8 Å². The van der Waals surface area contributed by atoms with Gasteiger partial charge in [0.1, 0.15) is 0 Å². The summed E-state index contributed by atoms with van der Waals surface area (Å²) in [4.78, 5) is 32.6. The van der Waals surface area contributed by atoms with Crippen LogP contribution >= 0.6 is 0 Å². The van der Waals surface area contributed by atoms with E-state index in [-0.39, 0.29) is 5.78 Å². The summed E-state index contributed by atoms with van der Waals surface area (Å²) < 4.78 is 9.41. The van der Waals surface area contributed by atoms with Crippen LogP contribution in [0.4, 0.5) is 0 Å². The van der Waals surface area contributed by atoms with Gasteiger partial charge in [0.2, 0.25) is 0 Å². The van der Waals surface area contributed by atoms with Crippen molar-refractivity contribution in [1.29, 1.82) is 0 Å².